The minimum Gasteiger partial charge on any atom is -0.497 e. The number of methoxy groups -OCH3 is 1. The van der Waals surface area contributed by atoms with Gasteiger partial charge in [0.2, 0.25) is 10.0 Å². The summed E-state index contributed by atoms with van der Waals surface area (Å²) in [6, 6.07) is 12.4. The molecule has 32 heavy (non-hydrogen) atoms. The van der Waals surface area contributed by atoms with Gasteiger partial charge in [-0.3, -0.25) is 4.79 Å². The van der Waals surface area contributed by atoms with Crippen molar-refractivity contribution in [1.29, 1.82) is 0 Å². The number of ether oxygens (including phenoxy) is 4. The fourth-order valence-corrected chi connectivity index (χ4v) is 4.25. The van der Waals surface area contributed by atoms with Gasteiger partial charge in [0, 0.05) is 18.8 Å². The third-order valence-corrected chi connectivity index (χ3v) is 6.44. The van der Waals surface area contributed by atoms with Crippen LogP contribution in [0.3, 0.4) is 0 Å². The molecular formula is C21H24N2O8S. The van der Waals surface area contributed by atoms with Crippen molar-refractivity contribution in [3.8, 4) is 11.5 Å². The molecule has 0 radical (unpaired) electrons. The normalized spacial score (nSPS) is 14.4. The molecule has 1 saturated heterocycles. The molecule has 1 aliphatic heterocycles. The molecule has 0 aliphatic carbocycles. The van der Waals surface area contributed by atoms with E-state index in [2.05, 4.69) is 5.32 Å². The fraction of sp³-hybridized carbons (Fsp3) is 0.333. The van der Waals surface area contributed by atoms with Crippen LogP contribution in [0.25, 0.3) is 0 Å². The predicted octanol–water partition coefficient (Wildman–Crippen LogP) is 1.28. The van der Waals surface area contributed by atoms with E-state index in [0.29, 0.717) is 43.5 Å². The van der Waals surface area contributed by atoms with E-state index in [4.69, 9.17) is 18.9 Å². The number of morpholine rings is 1. The number of hydrogen-bond donors (Lipinski definition) is 1. The van der Waals surface area contributed by atoms with Crippen molar-refractivity contribution in [1.82, 2.24) is 4.31 Å². The number of benzene rings is 2. The highest BCUT2D eigenvalue weighted by molar-refractivity contribution is 7.89. The zero-order chi connectivity index (χ0) is 23.0. The molecule has 172 valence electrons. The van der Waals surface area contributed by atoms with E-state index >= 15 is 0 Å². The number of rotatable bonds is 9. The minimum absolute atomic E-state index is 0.125. The summed E-state index contributed by atoms with van der Waals surface area (Å²) >= 11 is 0. The first kappa shape index (κ1) is 23.5. The van der Waals surface area contributed by atoms with Crippen LogP contribution >= 0.6 is 0 Å². The first-order chi connectivity index (χ1) is 15.4. The third kappa shape index (κ3) is 6.42. The van der Waals surface area contributed by atoms with Crippen LogP contribution in [0, 0.1) is 0 Å². The Balaban J connectivity index is 1.43. The van der Waals surface area contributed by atoms with Gasteiger partial charge in [0.25, 0.3) is 5.91 Å². The van der Waals surface area contributed by atoms with Crippen LogP contribution in [0.15, 0.2) is 53.4 Å². The Morgan fingerprint density at radius 1 is 0.969 bits per heavy atom. The highest BCUT2D eigenvalue weighted by Crippen LogP contribution is 2.19. The van der Waals surface area contributed by atoms with Gasteiger partial charge in [-0.05, 0) is 48.5 Å². The number of nitrogens with one attached hydrogen (secondary N) is 1. The highest BCUT2D eigenvalue weighted by atomic mass is 32.2. The Bertz CT molecular complexity index is 1020. The molecule has 0 unspecified atom stereocenters. The van der Waals surface area contributed by atoms with Crippen molar-refractivity contribution < 1.29 is 37.0 Å². The van der Waals surface area contributed by atoms with Crippen LogP contribution < -0.4 is 14.8 Å². The van der Waals surface area contributed by atoms with Gasteiger partial charge >= 0.3 is 5.97 Å². The largest absolute Gasteiger partial charge is 0.497 e. The van der Waals surface area contributed by atoms with Crippen LogP contribution in [-0.2, 0) is 29.1 Å². The lowest BCUT2D eigenvalue weighted by atomic mass is 10.3. The van der Waals surface area contributed by atoms with Crippen LogP contribution in [0.2, 0.25) is 0 Å². The van der Waals surface area contributed by atoms with E-state index in [1.54, 1.807) is 31.4 Å². The van der Waals surface area contributed by atoms with E-state index in [9.17, 15) is 18.0 Å². The van der Waals surface area contributed by atoms with Gasteiger partial charge in [0.15, 0.2) is 13.2 Å². The molecule has 0 aromatic heterocycles. The van der Waals surface area contributed by atoms with Crippen molar-refractivity contribution in [2.45, 2.75) is 4.90 Å². The number of carbonyl (C=O) groups excluding carboxylic acids is 2. The number of carbonyl (C=O) groups is 2. The van der Waals surface area contributed by atoms with Crippen molar-refractivity contribution in [2.24, 2.45) is 0 Å². The summed E-state index contributed by atoms with van der Waals surface area (Å²) in [6.45, 7) is 0.462. The topological polar surface area (TPSA) is 120 Å². The quantitative estimate of drug-likeness (QED) is 0.551. The Hall–Kier alpha value is -3.15. The highest BCUT2D eigenvalue weighted by Gasteiger charge is 2.26. The summed E-state index contributed by atoms with van der Waals surface area (Å²) in [7, 11) is -2.07. The molecule has 10 nitrogen and oxygen atoms in total. The Kier molecular flexibility index (Phi) is 8.03. The van der Waals surface area contributed by atoms with E-state index in [-0.39, 0.29) is 11.5 Å². The van der Waals surface area contributed by atoms with Gasteiger partial charge in [0.05, 0.1) is 25.2 Å². The van der Waals surface area contributed by atoms with E-state index in [0.717, 1.165) is 0 Å². The molecule has 11 heteroatoms. The van der Waals surface area contributed by atoms with Crippen molar-refractivity contribution in [2.75, 3.05) is 51.9 Å². The summed E-state index contributed by atoms with van der Waals surface area (Å²) in [5.74, 6) is -0.155. The van der Waals surface area contributed by atoms with Crippen LogP contribution in [0.5, 0.6) is 11.5 Å². The van der Waals surface area contributed by atoms with Gasteiger partial charge in [-0.2, -0.15) is 4.31 Å². The van der Waals surface area contributed by atoms with Gasteiger partial charge < -0.3 is 24.3 Å². The lowest BCUT2D eigenvalue weighted by molar-refractivity contribution is -0.149. The molecule has 2 aromatic rings. The number of sulfonamides is 1. The number of amides is 1. The molecule has 3 rings (SSSR count). The van der Waals surface area contributed by atoms with E-state index < -0.39 is 28.5 Å². The molecule has 1 aliphatic rings. The molecule has 2 aromatic carbocycles. The zero-order valence-corrected chi connectivity index (χ0v) is 18.3. The molecule has 1 fully saturated rings. The Labute approximate surface area is 186 Å². The van der Waals surface area contributed by atoms with Crippen LogP contribution in [0.1, 0.15) is 0 Å². The molecule has 1 heterocycles. The molecule has 0 bridgehead atoms. The summed E-state index contributed by atoms with van der Waals surface area (Å²) < 4.78 is 46.9. The second kappa shape index (κ2) is 10.9. The maximum Gasteiger partial charge on any atom is 0.344 e. The van der Waals surface area contributed by atoms with E-state index in [1.807, 2.05) is 0 Å². The molecular weight excluding hydrogens is 440 g/mol. The number of anilines is 1. The van der Waals surface area contributed by atoms with Crippen LogP contribution in [0.4, 0.5) is 5.69 Å². The summed E-state index contributed by atoms with van der Waals surface area (Å²) in [4.78, 5) is 23.9. The second-order valence-corrected chi connectivity index (χ2v) is 8.65. The maximum absolute atomic E-state index is 12.6. The average molecular weight is 464 g/mol. The second-order valence-electron chi connectivity index (χ2n) is 6.71. The van der Waals surface area contributed by atoms with Gasteiger partial charge in [-0.15, -0.1) is 0 Å². The summed E-state index contributed by atoms with van der Waals surface area (Å²) in [5, 5.41) is 2.54. The lowest BCUT2D eigenvalue weighted by Gasteiger charge is -2.26. The number of hydrogen-bond acceptors (Lipinski definition) is 8. The Morgan fingerprint density at radius 2 is 1.59 bits per heavy atom. The molecule has 0 atom stereocenters. The van der Waals surface area contributed by atoms with E-state index in [1.165, 1.54) is 28.6 Å². The molecule has 1 N–H and O–H groups in total. The average Bonchev–Trinajstić information content (AvgIpc) is 2.82. The summed E-state index contributed by atoms with van der Waals surface area (Å²) in [6.07, 6.45) is 0. The number of esters is 1. The predicted molar refractivity (Wildman–Crippen MR) is 114 cm³/mol. The standard InChI is InChI=1S/C21H24N2O8S/c1-28-17-4-6-18(7-5-17)30-15-21(25)31-14-20(24)22-16-2-8-19(9-3-16)32(26,27)23-10-12-29-13-11-23/h2-9H,10-15H2,1H3,(H,22,24). The first-order valence-electron chi connectivity index (χ1n) is 9.79. The van der Waals surface area contributed by atoms with Gasteiger partial charge in [-0.25, -0.2) is 13.2 Å². The number of nitrogens with zero attached hydrogens (tertiary/aromatic N) is 1. The first-order valence-corrected chi connectivity index (χ1v) is 11.2. The Morgan fingerprint density at radius 3 is 2.22 bits per heavy atom. The minimum atomic E-state index is -3.61. The maximum atomic E-state index is 12.6. The van der Waals surface area contributed by atoms with Gasteiger partial charge in [0.1, 0.15) is 11.5 Å². The molecule has 0 spiro atoms. The monoisotopic (exact) mass is 464 g/mol. The molecule has 1 amide bonds. The zero-order valence-electron chi connectivity index (χ0n) is 17.5. The van der Waals surface area contributed by atoms with Gasteiger partial charge in [-0.1, -0.05) is 0 Å². The SMILES string of the molecule is COc1ccc(OCC(=O)OCC(=O)Nc2ccc(S(=O)(=O)N3CCOCC3)cc2)cc1. The lowest BCUT2D eigenvalue weighted by Crippen LogP contribution is -2.40. The molecule has 0 saturated carbocycles. The third-order valence-electron chi connectivity index (χ3n) is 4.53. The van der Waals surface area contributed by atoms with Crippen molar-refractivity contribution in [3.05, 3.63) is 48.5 Å². The summed E-state index contributed by atoms with van der Waals surface area (Å²) in [5.41, 5.74) is 0.376. The van der Waals surface area contributed by atoms with Crippen LogP contribution in [-0.4, -0.2) is 71.2 Å². The van der Waals surface area contributed by atoms with Crippen molar-refractivity contribution >= 4 is 27.6 Å². The fourth-order valence-electron chi connectivity index (χ4n) is 2.85. The smallest absolute Gasteiger partial charge is 0.344 e. The van der Waals surface area contributed by atoms with Crippen molar-refractivity contribution in [3.63, 3.8) is 0 Å².